The van der Waals surface area contributed by atoms with Gasteiger partial charge >= 0.3 is 13.8 Å². The van der Waals surface area contributed by atoms with Crippen LogP contribution in [0.1, 0.15) is 84.0 Å². The summed E-state index contributed by atoms with van der Waals surface area (Å²) in [5, 5.41) is 9.44. The summed E-state index contributed by atoms with van der Waals surface area (Å²) >= 11 is 0. The van der Waals surface area contributed by atoms with Gasteiger partial charge in [0.15, 0.2) is 0 Å². The summed E-state index contributed by atoms with van der Waals surface area (Å²) < 4.78 is 31.0. The zero-order valence-electron chi connectivity index (χ0n) is 18.5. The maximum atomic E-state index is 11.6. The van der Waals surface area contributed by atoms with Crippen molar-refractivity contribution in [1.82, 2.24) is 0 Å². The molecule has 0 aromatic rings. The molecule has 2 aliphatic heterocycles. The van der Waals surface area contributed by atoms with Gasteiger partial charge in [0.1, 0.15) is 12.7 Å². The van der Waals surface area contributed by atoms with E-state index in [4.69, 9.17) is 24.0 Å². The molecular weight excluding hydrogens is 427 g/mol. The number of phosphoric acid groups is 1. The second-order valence-electron chi connectivity index (χ2n) is 8.59. The molecule has 9 nitrogen and oxygen atoms in total. The summed E-state index contributed by atoms with van der Waals surface area (Å²) in [5.41, 5.74) is 0. The van der Waals surface area contributed by atoms with Gasteiger partial charge in [-0.05, 0) is 19.3 Å². The highest BCUT2D eigenvalue weighted by Crippen LogP contribution is 2.39. The number of aliphatic hydroxyl groups is 1. The Morgan fingerprint density at radius 3 is 2.10 bits per heavy atom. The number of carbonyl (C=O) groups excluding carboxylic acids is 1. The molecule has 0 aromatic carbocycles. The van der Waals surface area contributed by atoms with Crippen molar-refractivity contribution >= 4 is 13.8 Å². The van der Waals surface area contributed by atoms with Crippen LogP contribution in [-0.2, 0) is 28.1 Å². The number of unbranched alkanes of at least 4 members (excludes halogenated alkanes) is 6. The molecule has 0 bridgehead atoms. The molecule has 2 saturated heterocycles. The largest absolute Gasteiger partial charge is 0.469 e. The van der Waals surface area contributed by atoms with Crippen LogP contribution in [0.5, 0.6) is 0 Å². The lowest BCUT2D eigenvalue weighted by atomic mass is 10.0. The third-order valence-electron chi connectivity index (χ3n) is 5.67. The van der Waals surface area contributed by atoms with E-state index in [1.807, 2.05) is 0 Å². The third kappa shape index (κ3) is 12.9. The number of aliphatic hydroxyl groups excluding tert-OH is 1. The molecule has 0 spiro atoms. The number of phosphoric ester groups is 1. The fourth-order valence-electron chi connectivity index (χ4n) is 3.74. The average Bonchev–Trinajstić information content (AvgIpc) is 3.62. The lowest BCUT2D eigenvalue weighted by molar-refractivity contribution is -0.147. The van der Waals surface area contributed by atoms with Gasteiger partial charge < -0.3 is 29.1 Å². The highest BCUT2D eigenvalue weighted by Gasteiger charge is 2.47. The molecule has 2 aliphatic rings. The van der Waals surface area contributed by atoms with Gasteiger partial charge in [-0.3, -0.25) is 9.32 Å². The van der Waals surface area contributed by atoms with E-state index in [9.17, 15) is 14.5 Å². The minimum Gasteiger partial charge on any atom is -0.463 e. The van der Waals surface area contributed by atoms with Gasteiger partial charge in [0, 0.05) is 12.8 Å². The summed E-state index contributed by atoms with van der Waals surface area (Å²) in [6, 6.07) is 0. The molecule has 182 valence electrons. The first kappa shape index (κ1) is 26.7. The molecule has 31 heavy (non-hydrogen) atoms. The Kier molecular flexibility index (Phi) is 12.0. The summed E-state index contributed by atoms with van der Waals surface area (Å²) in [4.78, 5) is 28.7. The van der Waals surface area contributed by atoms with E-state index in [-0.39, 0.29) is 13.0 Å². The van der Waals surface area contributed by atoms with Crippen LogP contribution in [0.4, 0.5) is 0 Å². The second kappa shape index (κ2) is 13.9. The van der Waals surface area contributed by atoms with Crippen LogP contribution in [0.15, 0.2) is 0 Å². The van der Waals surface area contributed by atoms with Crippen molar-refractivity contribution in [1.29, 1.82) is 0 Å². The first-order chi connectivity index (χ1) is 14.8. The highest BCUT2D eigenvalue weighted by molar-refractivity contribution is 7.46. The summed E-state index contributed by atoms with van der Waals surface area (Å²) in [7, 11) is -4.63. The van der Waals surface area contributed by atoms with Crippen molar-refractivity contribution in [3.8, 4) is 0 Å². The SMILES string of the molecule is CCCCC[C@H]1O[C@H]1C[C@H]1O[C@H]1CCCCCCCC(=O)OC[C@@H](O)COP(=O)(O)O. The van der Waals surface area contributed by atoms with Crippen LogP contribution < -0.4 is 0 Å². The average molecular weight is 467 g/mol. The molecule has 2 rings (SSSR count). The Balaban J connectivity index is 1.34. The molecule has 0 aromatic heterocycles. The van der Waals surface area contributed by atoms with Gasteiger partial charge in [-0.2, -0.15) is 0 Å². The van der Waals surface area contributed by atoms with E-state index in [0.29, 0.717) is 24.4 Å². The Labute approximate surface area is 185 Å². The number of hydrogen-bond donors (Lipinski definition) is 3. The Morgan fingerprint density at radius 2 is 1.48 bits per heavy atom. The smallest absolute Gasteiger partial charge is 0.463 e. The van der Waals surface area contributed by atoms with Crippen molar-refractivity contribution in [3.63, 3.8) is 0 Å². The fraction of sp³-hybridized carbons (Fsp3) is 0.952. The van der Waals surface area contributed by atoms with Gasteiger partial charge in [0.2, 0.25) is 0 Å². The summed E-state index contributed by atoms with van der Waals surface area (Å²) in [5.74, 6) is -0.431. The minimum absolute atomic E-state index is 0.265. The van der Waals surface area contributed by atoms with Crippen molar-refractivity contribution in [2.24, 2.45) is 0 Å². The van der Waals surface area contributed by atoms with Gasteiger partial charge in [0.25, 0.3) is 0 Å². The van der Waals surface area contributed by atoms with Crippen LogP contribution in [-0.4, -0.2) is 64.6 Å². The number of hydrogen-bond acceptors (Lipinski definition) is 7. The molecule has 0 unspecified atom stereocenters. The van der Waals surface area contributed by atoms with Crippen molar-refractivity contribution in [3.05, 3.63) is 0 Å². The first-order valence-electron chi connectivity index (χ1n) is 11.6. The predicted octanol–water partition coefficient (Wildman–Crippen LogP) is 3.24. The first-order valence-corrected chi connectivity index (χ1v) is 13.2. The topological polar surface area (TPSA) is 138 Å². The van der Waals surface area contributed by atoms with E-state index in [2.05, 4.69) is 11.4 Å². The quantitative estimate of drug-likeness (QED) is 0.113. The zero-order chi connectivity index (χ0) is 22.7. The number of carbonyl (C=O) groups is 1. The number of ether oxygens (including phenoxy) is 3. The van der Waals surface area contributed by atoms with Crippen LogP contribution in [0.25, 0.3) is 0 Å². The molecule has 0 saturated carbocycles. The Morgan fingerprint density at radius 1 is 0.903 bits per heavy atom. The maximum Gasteiger partial charge on any atom is 0.469 e. The van der Waals surface area contributed by atoms with Crippen LogP contribution in [0.2, 0.25) is 0 Å². The molecule has 10 heteroatoms. The van der Waals surface area contributed by atoms with E-state index in [1.165, 1.54) is 25.7 Å². The van der Waals surface area contributed by atoms with Crippen LogP contribution in [0.3, 0.4) is 0 Å². The van der Waals surface area contributed by atoms with Gasteiger partial charge in [-0.15, -0.1) is 0 Å². The van der Waals surface area contributed by atoms with Crippen LogP contribution in [0, 0.1) is 0 Å². The normalized spacial score (nSPS) is 25.9. The third-order valence-corrected chi connectivity index (χ3v) is 6.16. The van der Waals surface area contributed by atoms with Gasteiger partial charge in [0.05, 0.1) is 31.0 Å². The fourth-order valence-corrected chi connectivity index (χ4v) is 4.11. The van der Waals surface area contributed by atoms with E-state index < -0.39 is 26.5 Å². The molecule has 5 atom stereocenters. The number of epoxide rings is 2. The zero-order valence-corrected chi connectivity index (χ0v) is 19.4. The van der Waals surface area contributed by atoms with Crippen molar-refractivity contribution in [2.45, 2.75) is 114 Å². The van der Waals surface area contributed by atoms with Crippen molar-refractivity contribution < 1.29 is 43.0 Å². The van der Waals surface area contributed by atoms with Gasteiger partial charge in [-0.25, -0.2) is 4.57 Å². The number of esters is 1. The number of rotatable bonds is 19. The lowest BCUT2D eigenvalue weighted by Gasteiger charge is -2.12. The molecule has 3 N–H and O–H groups in total. The second-order valence-corrected chi connectivity index (χ2v) is 9.83. The Hall–Kier alpha value is -0.540. The highest BCUT2D eigenvalue weighted by atomic mass is 31.2. The molecule has 2 fully saturated rings. The minimum atomic E-state index is -4.63. The molecular formula is C21H39O9P. The van der Waals surface area contributed by atoms with E-state index in [0.717, 1.165) is 44.9 Å². The molecule has 0 amide bonds. The van der Waals surface area contributed by atoms with E-state index in [1.54, 1.807) is 0 Å². The lowest BCUT2D eigenvalue weighted by Crippen LogP contribution is -2.23. The van der Waals surface area contributed by atoms with E-state index >= 15 is 0 Å². The molecule has 2 heterocycles. The maximum absolute atomic E-state index is 11.6. The molecule has 0 aliphatic carbocycles. The summed E-state index contributed by atoms with van der Waals surface area (Å²) in [6.07, 6.45) is 12.8. The molecule has 0 radical (unpaired) electrons. The van der Waals surface area contributed by atoms with Gasteiger partial charge in [-0.1, -0.05) is 51.9 Å². The Bertz CT molecular complexity index is 567. The summed E-state index contributed by atoms with van der Waals surface area (Å²) in [6.45, 7) is 1.29. The van der Waals surface area contributed by atoms with Crippen molar-refractivity contribution in [2.75, 3.05) is 13.2 Å². The monoisotopic (exact) mass is 466 g/mol. The van der Waals surface area contributed by atoms with Crippen LogP contribution >= 0.6 is 7.82 Å². The predicted molar refractivity (Wildman–Crippen MR) is 113 cm³/mol. The standard InChI is InChI=1S/C21H39O9P/c1-2-3-7-10-17-19(29-17)13-20-18(30-20)11-8-5-4-6-9-12-21(23)27-14-16(22)15-28-31(24,25)26/h16-20,22H,2-15H2,1H3,(H2,24,25,26)/t16-,17-,18+,19+,20-/m1/s1.